The molecule has 0 unspecified atom stereocenters. The Bertz CT molecular complexity index is 833. The second-order valence-corrected chi connectivity index (χ2v) is 5.90. The lowest BCUT2D eigenvalue weighted by Crippen LogP contribution is -2.29. The van der Waals surface area contributed by atoms with Crippen LogP contribution in [0.4, 0.5) is 11.9 Å². The normalized spacial score (nSPS) is 16.0. The SMILES string of the molecule is O=C(O)CCC(=O)Nc1nc2n(n1)[C@H](c1ccc(Cl)cc1)CC(=O)N2. The average molecular weight is 364 g/mol. The van der Waals surface area contributed by atoms with Gasteiger partial charge in [0.25, 0.3) is 5.95 Å². The zero-order chi connectivity index (χ0) is 18.0. The molecule has 0 spiro atoms. The summed E-state index contributed by atoms with van der Waals surface area (Å²) >= 11 is 5.89. The Labute approximate surface area is 147 Å². The number of carbonyl (C=O) groups is 3. The topological polar surface area (TPSA) is 126 Å². The van der Waals surface area contributed by atoms with Gasteiger partial charge in [-0.3, -0.25) is 25.0 Å². The first-order chi connectivity index (χ1) is 11.9. The first-order valence-corrected chi connectivity index (χ1v) is 7.83. The summed E-state index contributed by atoms with van der Waals surface area (Å²) in [5.74, 6) is -1.58. The largest absolute Gasteiger partial charge is 0.481 e. The van der Waals surface area contributed by atoms with Crippen LogP contribution in [0.25, 0.3) is 0 Å². The zero-order valence-corrected chi connectivity index (χ0v) is 13.7. The molecule has 0 saturated heterocycles. The van der Waals surface area contributed by atoms with Crippen LogP contribution in [0.3, 0.4) is 0 Å². The summed E-state index contributed by atoms with van der Waals surface area (Å²) in [7, 11) is 0. The molecule has 3 N–H and O–H groups in total. The van der Waals surface area contributed by atoms with Crippen molar-refractivity contribution in [2.45, 2.75) is 25.3 Å². The molecule has 1 atom stereocenters. The van der Waals surface area contributed by atoms with Crippen molar-refractivity contribution in [3.63, 3.8) is 0 Å². The third-order valence-electron chi connectivity index (χ3n) is 3.63. The van der Waals surface area contributed by atoms with Gasteiger partial charge in [-0.2, -0.15) is 4.98 Å². The Morgan fingerprint density at radius 3 is 2.72 bits per heavy atom. The molecule has 0 bridgehead atoms. The first-order valence-electron chi connectivity index (χ1n) is 7.46. The maximum atomic E-state index is 11.9. The van der Waals surface area contributed by atoms with Crippen molar-refractivity contribution in [1.29, 1.82) is 0 Å². The van der Waals surface area contributed by atoms with Crippen LogP contribution in [0, 0.1) is 0 Å². The molecule has 9 nitrogen and oxygen atoms in total. The minimum absolute atomic E-state index is 0.00607. The van der Waals surface area contributed by atoms with E-state index in [1.165, 1.54) is 4.68 Å². The van der Waals surface area contributed by atoms with Crippen molar-refractivity contribution in [1.82, 2.24) is 14.8 Å². The van der Waals surface area contributed by atoms with Crippen LogP contribution < -0.4 is 10.6 Å². The number of carbonyl (C=O) groups excluding carboxylic acids is 2. The minimum atomic E-state index is -1.07. The summed E-state index contributed by atoms with van der Waals surface area (Å²) in [5.41, 5.74) is 0.828. The van der Waals surface area contributed by atoms with Gasteiger partial charge in [-0.15, -0.1) is 5.10 Å². The number of nitrogens with one attached hydrogen (secondary N) is 2. The number of carboxylic acids is 1. The fourth-order valence-corrected chi connectivity index (χ4v) is 2.59. The third-order valence-corrected chi connectivity index (χ3v) is 3.88. The van der Waals surface area contributed by atoms with Crippen molar-refractivity contribution in [2.24, 2.45) is 0 Å². The molecule has 2 amide bonds. The molecule has 1 aliphatic rings. The van der Waals surface area contributed by atoms with Gasteiger partial charge in [0, 0.05) is 11.4 Å². The van der Waals surface area contributed by atoms with Crippen LogP contribution in [-0.2, 0) is 14.4 Å². The van der Waals surface area contributed by atoms with Gasteiger partial charge in [-0.1, -0.05) is 23.7 Å². The number of rotatable bonds is 5. The smallest absolute Gasteiger partial charge is 0.303 e. The Hall–Kier alpha value is -2.94. The number of fused-ring (bicyclic) bond motifs is 1. The summed E-state index contributed by atoms with van der Waals surface area (Å²) < 4.78 is 1.51. The lowest BCUT2D eigenvalue weighted by atomic mass is 10.0. The van der Waals surface area contributed by atoms with E-state index in [2.05, 4.69) is 20.7 Å². The van der Waals surface area contributed by atoms with E-state index in [1.54, 1.807) is 24.3 Å². The first kappa shape index (κ1) is 16.9. The minimum Gasteiger partial charge on any atom is -0.481 e. The second kappa shape index (κ2) is 6.89. The predicted molar refractivity (Wildman–Crippen MR) is 88.4 cm³/mol. The van der Waals surface area contributed by atoms with E-state index in [-0.39, 0.29) is 43.1 Å². The molecule has 10 heteroatoms. The van der Waals surface area contributed by atoms with E-state index in [9.17, 15) is 14.4 Å². The third kappa shape index (κ3) is 3.94. The van der Waals surface area contributed by atoms with Crippen molar-refractivity contribution < 1.29 is 19.5 Å². The molecule has 2 heterocycles. The molecule has 1 aromatic heterocycles. The van der Waals surface area contributed by atoms with Crippen molar-refractivity contribution in [3.8, 4) is 0 Å². The van der Waals surface area contributed by atoms with Crippen LogP contribution in [-0.4, -0.2) is 37.7 Å². The van der Waals surface area contributed by atoms with Crippen molar-refractivity contribution in [3.05, 3.63) is 34.9 Å². The summed E-state index contributed by atoms with van der Waals surface area (Å²) in [4.78, 5) is 38.2. The van der Waals surface area contributed by atoms with Crippen LogP contribution in [0.1, 0.15) is 30.9 Å². The maximum Gasteiger partial charge on any atom is 0.303 e. The van der Waals surface area contributed by atoms with E-state index in [0.717, 1.165) is 5.56 Å². The molecular formula is C15H14ClN5O4. The monoisotopic (exact) mass is 363 g/mol. The van der Waals surface area contributed by atoms with Gasteiger partial charge in [0.15, 0.2) is 0 Å². The highest BCUT2D eigenvalue weighted by Gasteiger charge is 2.29. The summed E-state index contributed by atoms with van der Waals surface area (Å²) in [6.45, 7) is 0. The average Bonchev–Trinajstić information content (AvgIpc) is 2.95. The molecule has 2 aromatic rings. The number of hydrogen-bond donors (Lipinski definition) is 3. The summed E-state index contributed by atoms with van der Waals surface area (Å²) in [6, 6.07) is 6.64. The Kier molecular flexibility index (Phi) is 4.66. The van der Waals surface area contributed by atoms with Gasteiger partial charge in [-0.25, -0.2) is 4.68 Å². The van der Waals surface area contributed by atoms with Gasteiger partial charge in [0.05, 0.1) is 18.9 Å². The molecule has 1 aromatic carbocycles. The number of anilines is 2. The van der Waals surface area contributed by atoms with Crippen molar-refractivity contribution in [2.75, 3.05) is 10.6 Å². The maximum absolute atomic E-state index is 11.9. The van der Waals surface area contributed by atoms with Gasteiger partial charge in [0.2, 0.25) is 17.8 Å². The highest BCUT2D eigenvalue weighted by molar-refractivity contribution is 6.30. The molecule has 1 aliphatic heterocycles. The van der Waals surface area contributed by atoms with E-state index >= 15 is 0 Å². The van der Waals surface area contributed by atoms with Gasteiger partial charge in [-0.05, 0) is 17.7 Å². The second-order valence-electron chi connectivity index (χ2n) is 5.47. The van der Waals surface area contributed by atoms with Gasteiger partial charge in [0.1, 0.15) is 0 Å². The molecule has 0 radical (unpaired) electrons. The highest BCUT2D eigenvalue weighted by Crippen LogP contribution is 2.30. The highest BCUT2D eigenvalue weighted by atomic mass is 35.5. The summed E-state index contributed by atoms with van der Waals surface area (Å²) in [6.07, 6.45) is -0.305. The molecule has 130 valence electrons. The van der Waals surface area contributed by atoms with Crippen LogP contribution >= 0.6 is 11.6 Å². The number of amides is 2. The predicted octanol–water partition coefficient (Wildman–Crippen LogP) is 1.67. The number of aromatic nitrogens is 3. The standard InChI is InChI=1S/C15H14ClN5O4/c16-9-3-1-8(2-4-9)10-7-12(23)18-15-19-14(20-21(10)15)17-11(22)5-6-13(24)25/h1-4,10H,5-7H2,(H,24,25)(H2,17,18,19,20,22,23)/t10-/m0/s1. The van der Waals surface area contributed by atoms with Crippen LogP contribution in [0.5, 0.6) is 0 Å². The molecule has 25 heavy (non-hydrogen) atoms. The van der Waals surface area contributed by atoms with Gasteiger partial charge < -0.3 is 5.11 Å². The van der Waals surface area contributed by atoms with E-state index in [0.29, 0.717) is 5.02 Å². The molecule has 3 rings (SSSR count). The number of carboxylic acid groups (broad SMARTS) is 1. The Morgan fingerprint density at radius 2 is 2.04 bits per heavy atom. The number of hydrogen-bond acceptors (Lipinski definition) is 5. The Balaban J connectivity index is 1.82. The fourth-order valence-electron chi connectivity index (χ4n) is 2.47. The van der Waals surface area contributed by atoms with Gasteiger partial charge >= 0.3 is 5.97 Å². The van der Waals surface area contributed by atoms with Crippen molar-refractivity contribution >= 4 is 41.3 Å². The lowest BCUT2D eigenvalue weighted by molar-refractivity contribution is -0.138. The number of nitrogens with zero attached hydrogens (tertiary/aromatic N) is 3. The van der Waals surface area contributed by atoms with Crippen LogP contribution in [0.2, 0.25) is 5.02 Å². The Morgan fingerprint density at radius 1 is 1.32 bits per heavy atom. The lowest BCUT2D eigenvalue weighted by Gasteiger charge is -2.23. The number of aliphatic carboxylic acids is 1. The van der Waals surface area contributed by atoms with E-state index < -0.39 is 11.9 Å². The number of benzene rings is 1. The molecule has 0 aliphatic carbocycles. The quantitative estimate of drug-likeness (QED) is 0.741. The zero-order valence-electron chi connectivity index (χ0n) is 12.9. The number of halogens is 1. The van der Waals surface area contributed by atoms with E-state index in [1.807, 2.05) is 0 Å². The van der Waals surface area contributed by atoms with Crippen LogP contribution in [0.15, 0.2) is 24.3 Å². The molecule has 0 fully saturated rings. The molecule has 0 saturated carbocycles. The van der Waals surface area contributed by atoms with E-state index in [4.69, 9.17) is 16.7 Å². The summed E-state index contributed by atoms with van der Waals surface area (Å²) in [5, 5.41) is 18.4. The fraction of sp³-hybridized carbons (Fsp3) is 0.267. The molecular weight excluding hydrogens is 350 g/mol.